The Hall–Kier alpha value is -3.17. The van der Waals surface area contributed by atoms with Crippen LogP contribution in [0.4, 0.5) is 13.2 Å². The van der Waals surface area contributed by atoms with Crippen LogP contribution in [0.3, 0.4) is 0 Å². The second-order valence-corrected chi connectivity index (χ2v) is 9.41. The number of alkyl halides is 3. The summed E-state index contributed by atoms with van der Waals surface area (Å²) in [4.78, 5) is 31.7. The summed E-state index contributed by atoms with van der Waals surface area (Å²) in [5, 5.41) is 0. The van der Waals surface area contributed by atoms with Gasteiger partial charge >= 0.3 is 6.18 Å². The molecule has 5 nitrogen and oxygen atoms in total. The first-order valence-electron chi connectivity index (χ1n) is 11.0. The number of rotatable bonds is 10. The van der Waals surface area contributed by atoms with Crippen LogP contribution in [0.25, 0.3) is 0 Å². The van der Waals surface area contributed by atoms with Gasteiger partial charge in [-0.25, -0.2) is 0 Å². The summed E-state index contributed by atoms with van der Waals surface area (Å²) in [6.45, 7) is 2.83. The maximum atomic E-state index is 13.4. The summed E-state index contributed by atoms with van der Waals surface area (Å²) in [6.07, 6.45) is -4.49. The molecule has 0 aliphatic heterocycles. The molecule has 3 aromatic rings. The highest BCUT2D eigenvalue weighted by atomic mass is 32.1. The summed E-state index contributed by atoms with van der Waals surface area (Å²) < 4.78 is 43.8. The van der Waals surface area contributed by atoms with Gasteiger partial charge in [-0.2, -0.15) is 13.2 Å². The van der Waals surface area contributed by atoms with E-state index in [-0.39, 0.29) is 31.2 Å². The normalized spacial score (nSPS) is 11.3. The third kappa shape index (κ3) is 7.66. The Labute approximate surface area is 206 Å². The zero-order valence-corrected chi connectivity index (χ0v) is 20.4. The minimum absolute atomic E-state index is 0.0744. The van der Waals surface area contributed by atoms with Gasteiger partial charge in [-0.3, -0.25) is 9.59 Å². The highest BCUT2D eigenvalue weighted by Gasteiger charge is 2.31. The number of aryl methyl sites for hydroxylation is 1. The fourth-order valence-electron chi connectivity index (χ4n) is 3.50. The zero-order valence-electron chi connectivity index (χ0n) is 19.5. The van der Waals surface area contributed by atoms with E-state index in [1.165, 1.54) is 12.0 Å². The predicted octanol–water partition coefficient (Wildman–Crippen LogP) is 5.39. The van der Waals surface area contributed by atoms with Crippen molar-refractivity contribution >= 4 is 23.2 Å². The molecular formula is C26H27F3N2O3S. The van der Waals surface area contributed by atoms with Gasteiger partial charge < -0.3 is 14.5 Å². The van der Waals surface area contributed by atoms with Crippen molar-refractivity contribution in [3.8, 4) is 0 Å². The van der Waals surface area contributed by atoms with Gasteiger partial charge in [0.15, 0.2) is 0 Å². The lowest BCUT2D eigenvalue weighted by Crippen LogP contribution is -2.43. The van der Waals surface area contributed by atoms with Crippen molar-refractivity contribution in [3.05, 3.63) is 93.2 Å². The SMILES string of the molecule is COCCN(CC(=O)N(Cc1ccccc1)Cc1ccc(C)s1)C(=O)c1ccc(C(F)(F)F)cc1. The number of carbonyl (C=O) groups is 2. The minimum atomic E-state index is -4.49. The van der Waals surface area contributed by atoms with Crippen LogP contribution < -0.4 is 0 Å². The van der Waals surface area contributed by atoms with E-state index in [0.717, 1.165) is 39.6 Å². The number of methoxy groups -OCH3 is 1. The standard InChI is InChI=1S/C26H27F3N2O3S/c1-19-8-13-23(35-19)17-31(16-20-6-4-3-5-7-20)24(32)18-30(14-15-34-2)25(33)21-9-11-22(12-10-21)26(27,28)29/h3-13H,14-18H2,1-2H3. The van der Waals surface area contributed by atoms with Crippen molar-refractivity contribution < 1.29 is 27.5 Å². The third-order valence-electron chi connectivity index (χ3n) is 5.35. The maximum Gasteiger partial charge on any atom is 0.416 e. The highest BCUT2D eigenvalue weighted by Crippen LogP contribution is 2.29. The Morgan fingerprint density at radius 3 is 2.17 bits per heavy atom. The van der Waals surface area contributed by atoms with Gasteiger partial charge in [-0.1, -0.05) is 30.3 Å². The van der Waals surface area contributed by atoms with Gasteiger partial charge in [0.25, 0.3) is 5.91 Å². The lowest BCUT2D eigenvalue weighted by atomic mass is 10.1. The molecule has 0 saturated carbocycles. The molecule has 0 unspecified atom stereocenters. The van der Waals surface area contributed by atoms with Crippen LogP contribution in [0.2, 0.25) is 0 Å². The van der Waals surface area contributed by atoms with Crippen LogP contribution in [0, 0.1) is 6.92 Å². The Morgan fingerprint density at radius 1 is 0.914 bits per heavy atom. The van der Waals surface area contributed by atoms with E-state index in [0.29, 0.717) is 13.1 Å². The van der Waals surface area contributed by atoms with E-state index >= 15 is 0 Å². The van der Waals surface area contributed by atoms with Crippen LogP contribution in [0.1, 0.15) is 31.2 Å². The average Bonchev–Trinajstić information content (AvgIpc) is 3.25. The van der Waals surface area contributed by atoms with Crippen LogP contribution >= 0.6 is 11.3 Å². The van der Waals surface area contributed by atoms with Crippen molar-refractivity contribution in [2.75, 3.05) is 26.8 Å². The lowest BCUT2D eigenvalue weighted by Gasteiger charge is -2.28. The van der Waals surface area contributed by atoms with E-state index in [9.17, 15) is 22.8 Å². The summed E-state index contributed by atoms with van der Waals surface area (Å²) in [7, 11) is 1.48. The molecular weight excluding hydrogens is 477 g/mol. The molecule has 35 heavy (non-hydrogen) atoms. The van der Waals surface area contributed by atoms with Gasteiger partial charge in [-0.15, -0.1) is 11.3 Å². The van der Waals surface area contributed by atoms with Gasteiger partial charge in [0.2, 0.25) is 5.91 Å². The first kappa shape index (κ1) is 26.4. The molecule has 3 rings (SSSR count). The van der Waals surface area contributed by atoms with Crippen molar-refractivity contribution in [2.24, 2.45) is 0 Å². The Morgan fingerprint density at radius 2 is 1.60 bits per heavy atom. The molecule has 0 aliphatic rings. The largest absolute Gasteiger partial charge is 0.416 e. The summed E-state index contributed by atoms with van der Waals surface area (Å²) in [6, 6.07) is 17.5. The van der Waals surface area contributed by atoms with E-state index in [1.807, 2.05) is 49.4 Å². The Bertz CT molecular complexity index is 1110. The number of amides is 2. The first-order chi connectivity index (χ1) is 16.7. The molecule has 0 fully saturated rings. The van der Waals surface area contributed by atoms with Crippen molar-refractivity contribution in [2.45, 2.75) is 26.2 Å². The molecule has 0 radical (unpaired) electrons. The highest BCUT2D eigenvalue weighted by molar-refractivity contribution is 7.11. The first-order valence-corrected chi connectivity index (χ1v) is 11.8. The Balaban J connectivity index is 1.80. The maximum absolute atomic E-state index is 13.4. The Kier molecular flexibility index (Phi) is 9.06. The van der Waals surface area contributed by atoms with Gasteiger partial charge in [-0.05, 0) is 48.9 Å². The topological polar surface area (TPSA) is 49.9 Å². The molecule has 0 N–H and O–H groups in total. The molecule has 2 amide bonds. The van der Waals surface area contributed by atoms with Gasteiger partial charge in [0, 0.05) is 35.5 Å². The molecule has 2 aromatic carbocycles. The molecule has 0 bridgehead atoms. The number of nitrogens with zero attached hydrogens (tertiary/aromatic N) is 2. The number of benzene rings is 2. The quantitative estimate of drug-likeness (QED) is 0.372. The molecule has 1 heterocycles. The summed E-state index contributed by atoms with van der Waals surface area (Å²) in [5.41, 5.74) is 0.186. The predicted molar refractivity (Wildman–Crippen MR) is 129 cm³/mol. The van der Waals surface area contributed by atoms with Crippen LogP contribution in [0.5, 0.6) is 0 Å². The smallest absolute Gasteiger partial charge is 0.383 e. The molecule has 1 aromatic heterocycles. The molecule has 9 heteroatoms. The zero-order chi connectivity index (χ0) is 25.4. The molecule has 0 atom stereocenters. The van der Waals surface area contributed by atoms with E-state index in [4.69, 9.17) is 4.74 Å². The molecule has 0 aliphatic carbocycles. The fourth-order valence-corrected chi connectivity index (χ4v) is 4.40. The van der Waals surface area contributed by atoms with Crippen molar-refractivity contribution in [1.82, 2.24) is 9.80 Å². The summed E-state index contributed by atoms with van der Waals surface area (Å²) >= 11 is 1.60. The molecule has 0 saturated heterocycles. The average molecular weight is 505 g/mol. The number of halogens is 3. The minimum Gasteiger partial charge on any atom is -0.383 e. The van der Waals surface area contributed by atoms with Crippen molar-refractivity contribution in [3.63, 3.8) is 0 Å². The monoisotopic (exact) mass is 504 g/mol. The van der Waals surface area contributed by atoms with E-state index in [1.54, 1.807) is 16.2 Å². The van der Waals surface area contributed by atoms with Crippen LogP contribution in [0.15, 0.2) is 66.7 Å². The van der Waals surface area contributed by atoms with E-state index in [2.05, 4.69) is 0 Å². The number of thiophene rings is 1. The fraction of sp³-hybridized carbons (Fsp3) is 0.308. The molecule has 186 valence electrons. The number of ether oxygens (including phenoxy) is 1. The van der Waals surface area contributed by atoms with Gasteiger partial charge in [0.05, 0.1) is 18.7 Å². The summed E-state index contributed by atoms with van der Waals surface area (Å²) in [5.74, 6) is -0.799. The number of hydrogen-bond acceptors (Lipinski definition) is 4. The van der Waals surface area contributed by atoms with Crippen molar-refractivity contribution in [1.29, 1.82) is 0 Å². The van der Waals surface area contributed by atoms with Gasteiger partial charge in [0.1, 0.15) is 6.54 Å². The lowest BCUT2D eigenvalue weighted by molar-refractivity contribution is -0.137. The molecule has 0 spiro atoms. The second kappa shape index (κ2) is 12.0. The van der Waals surface area contributed by atoms with E-state index < -0.39 is 17.6 Å². The van der Waals surface area contributed by atoms with Crippen LogP contribution in [-0.2, 0) is 28.8 Å². The number of hydrogen-bond donors (Lipinski definition) is 0. The second-order valence-electron chi connectivity index (χ2n) is 8.04. The van der Waals surface area contributed by atoms with Crippen LogP contribution in [-0.4, -0.2) is 48.4 Å². The third-order valence-corrected chi connectivity index (χ3v) is 6.33. The number of carbonyl (C=O) groups excluding carboxylic acids is 2.